The highest BCUT2D eigenvalue weighted by Crippen LogP contribution is 2.15. The van der Waals surface area contributed by atoms with E-state index in [1.54, 1.807) is 0 Å². The molecular formula is C5H10O5. The summed E-state index contributed by atoms with van der Waals surface area (Å²) >= 11 is 0. The Morgan fingerprint density at radius 1 is 1.10 bits per heavy atom. The zero-order valence-electron chi connectivity index (χ0n) is 5.47. The molecule has 0 spiro atoms. The van der Waals surface area contributed by atoms with Gasteiger partial charge < -0.3 is 20.1 Å². The molecule has 0 aromatic carbocycles. The predicted octanol–water partition coefficient (Wildman–Crippen LogP) is -1.62. The summed E-state index contributed by atoms with van der Waals surface area (Å²) in [6, 6.07) is 0. The maximum absolute atomic E-state index is 8.95. The molecule has 1 saturated heterocycles. The van der Waals surface area contributed by atoms with E-state index in [1.165, 1.54) is 6.92 Å². The zero-order chi connectivity index (χ0) is 7.72. The van der Waals surface area contributed by atoms with E-state index in [9.17, 15) is 0 Å². The maximum atomic E-state index is 8.95. The molecule has 0 aromatic rings. The number of ether oxygens (including phenoxy) is 2. The Morgan fingerprint density at radius 2 is 1.70 bits per heavy atom. The predicted molar refractivity (Wildman–Crippen MR) is 29.7 cm³/mol. The van der Waals surface area contributed by atoms with Crippen molar-refractivity contribution < 1.29 is 24.8 Å². The summed E-state index contributed by atoms with van der Waals surface area (Å²) in [5, 5.41) is 26.4. The van der Waals surface area contributed by atoms with E-state index in [0.717, 1.165) is 0 Å². The van der Waals surface area contributed by atoms with Crippen LogP contribution in [0.3, 0.4) is 0 Å². The number of rotatable bonds is 0. The minimum atomic E-state index is -1.44. The zero-order valence-corrected chi connectivity index (χ0v) is 5.47. The van der Waals surface area contributed by atoms with E-state index >= 15 is 0 Å². The monoisotopic (exact) mass is 150 g/mol. The first-order valence-corrected chi connectivity index (χ1v) is 2.96. The molecule has 60 valence electrons. The summed E-state index contributed by atoms with van der Waals surface area (Å²) < 4.78 is 8.90. The number of aliphatic hydroxyl groups excluding tert-OH is 3. The van der Waals surface area contributed by atoms with Gasteiger partial charge in [-0.2, -0.15) is 0 Å². The van der Waals surface area contributed by atoms with Crippen molar-refractivity contribution in [3.05, 3.63) is 0 Å². The van der Waals surface area contributed by atoms with E-state index in [0.29, 0.717) is 0 Å². The van der Waals surface area contributed by atoms with Crippen molar-refractivity contribution in [1.82, 2.24) is 0 Å². The van der Waals surface area contributed by atoms with Gasteiger partial charge in [-0.3, -0.25) is 4.74 Å². The Balaban J connectivity index is 2.49. The van der Waals surface area contributed by atoms with E-state index in [-0.39, 0.29) is 0 Å². The Kier molecular flexibility index (Phi) is 2.22. The molecule has 5 heteroatoms. The molecule has 0 aliphatic carbocycles. The molecule has 0 radical (unpaired) electrons. The van der Waals surface area contributed by atoms with Crippen molar-refractivity contribution in [2.24, 2.45) is 0 Å². The topological polar surface area (TPSA) is 79.2 Å². The molecule has 1 rings (SSSR count). The molecular weight excluding hydrogens is 140 g/mol. The second-order valence-corrected chi connectivity index (χ2v) is 2.17. The first-order chi connectivity index (χ1) is 4.61. The highest BCUT2D eigenvalue weighted by atomic mass is 16.8. The van der Waals surface area contributed by atoms with Gasteiger partial charge in [0.05, 0.1) is 6.10 Å². The smallest absolute Gasteiger partial charge is 0.271 e. The standard InChI is InChI=1S/C5H10O5/c1-2-3(6)4(7)10-5(8)9-2/h2-8H,1H3. The molecule has 0 bridgehead atoms. The maximum Gasteiger partial charge on any atom is 0.271 e. The van der Waals surface area contributed by atoms with Gasteiger partial charge in [0.25, 0.3) is 6.48 Å². The molecule has 1 aliphatic heterocycles. The summed E-state index contributed by atoms with van der Waals surface area (Å²) in [6.45, 7) is 0.0907. The van der Waals surface area contributed by atoms with Crippen LogP contribution in [0.4, 0.5) is 0 Å². The minimum Gasteiger partial charge on any atom is -0.385 e. The molecule has 3 N–H and O–H groups in total. The van der Waals surface area contributed by atoms with Crippen molar-refractivity contribution in [1.29, 1.82) is 0 Å². The van der Waals surface area contributed by atoms with Crippen LogP contribution in [-0.4, -0.2) is 40.3 Å². The Labute approximate surface area is 57.8 Å². The van der Waals surface area contributed by atoms with Gasteiger partial charge in [0.15, 0.2) is 6.29 Å². The molecule has 1 fully saturated rings. The van der Waals surface area contributed by atoms with Crippen LogP contribution in [0, 0.1) is 0 Å². The van der Waals surface area contributed by atoms with Crippen molar-refractivity contribution >= 4 is 0 Å². The second-order valence-electron chi connectivity index (χ2n) is 2.17. The minimum absolute atomic E-state index is 0.612. The van der Waals surface area contributed by atoms with Crippen molar-refractivity contribution in [2.75, 3.05) is 0 Å². The summed E-state index contributed by atoms with van der Waals surface area (Å²) in [5.41, 5.74) is 0. The second kappa shape index (κ2) is 2.81. The number of hydrogen-bond donors (Lipinski definition) is 3. The normalized spacial score (nSPS) is 49.2. The third-order valence-electron chi connectivity index (χ3n) is 1.36. The third kappa shape index (κ3) is 1.44. The highest BCUT2D eigenvalue weighted by Gasteiger charge is 2.33. The molecule has 5 nitrogen and oxygen atoms in total. The molecule has 0 saturated carbocycles. The van der Waals surface area contributed by atoms with Gasteiger partial charge >= 0.3 is 0 Å². The van der Waals surface area contributed by atoms with Gasteiger partial charge in [-0.05, 0) is 6.92 Å². The van der Waals surface area contributed by atoms with Crippen LogP contribution >= 0.6 is 0 Å². The summed E-state index contributed by atoms with van der Waals surface area (Å²) in [6.07, 6.45) is -3.07. The molecule has 1 heterocycles. The van der Waals surface area contributed by atoms with Gasteiger partial charge in [-0.25, -0.2) is 0 Å². The van der Waals surface area contributed by atoms with Gasteiger partial charge in [0.1, 0.15) is 6.10 Å². The highest BCUT2D eigenvalue weighted by molar-refractivity contribution is 4.69. The van der Waals surface area contributed by atoms with E-state index in [2.05, 4.69) is 9.47 Å². The Bertz CT molecular complexity index is 105. The van der Waals surface area contributed by atoms with E-state index in [1.807, 2.05) is 0 Å². The van der Waals surface area contributed by atoms with Gasteiger partial charge in [-0.15, -0.1) is 0 Å². The third-order valence-corrected chi connectivity index (χ3v) is 1.36. The fourth-order valence-electron chi connectivity index (χ4n) is 0.728. The van der Waals surface area contributed by atoms with Crippen LogP contribution in [0.15, 0.2) is 0 Å². The summed E-state index contributed by atoms with van der Waals surface area (Å²) in [7, 11) is 0. The SMILES string of the molecule is CC1OC(O)OC(O)C1O. The fourth-order valence-corrected chi connectivity index (χ4v) is 0.728. The molecule has 1 aliphatic rings. The average Bonchev–Trinajstić information content (AvgIpc) is 1.82. The lowest BCUT2D eigenvalue weighted by Crippen LogP contribution is -2.48. The molecule has 10 heavy (non-hydrogen) atoms. The van der Waals surface area contributed by atoms with Crippen molar-refractivity contribution in [3.8, 4) is 0 Å². The van der Waals surface area contributed by atoms with Crippen molar-refractivity contribution in [2.45, 2.75) is 31.9 Å². The van der Waals surface area contributed by atoms with Gasteiger partial charge in [-0.1, -0.05) is 0 Å². The fraction of sp³-hybridized carbons (Fsp3) is 1.00. The Hall–Kier alpha value is -0.200. The lowest BCUT2D eigenvalue weighted by molar-refractivity contribution is -0.392. The van der Waals surface area contributed by atoms with Crippen LogP contribution in [-0.2, 0) is 9.47 Å². The van der Waals surface area contributed by atoms with E-state index in [4.69, 9.17) is 15.3 Å². The van der Waals surface area contributed by atoms with Crippen LogP contribution in [0.2, 0.25) is 0 Å². The Morgan fingerprint density at radius 3 is 2.20 bits per heavy atom. The molecule has 4 atom stereocenters. The summed E-state index contributed by atoms with van der Waals surface area (Å²) in [4.78, 5) is 0. The van der Waals surface area contributed by atoms with E-state index < -0.39 is 25.0 Å². The first-order valence-electron chi connectivity index (χ1n) is 2.96. The van der Waals surface area contributed by atoms with Gasteiger partial charge in [0, 0.05) is 0 Å². The molecule has 0 amide bonds. The number of aliphatic hydroxyl groups is 3. The molecule has 0 aromatic heterocycles. The quantitative estimate of drug-likeness (QED) is 0.386. The molecule has 4 unspecified atom stereocenters. The lowest BCUT2D eigenvalue weighted by Gasteiger charge is -2.32. The van der Waals surface area contributed by atoms with Crippen molar-refractivity contribution in [3.63, 3.8) is 0 Å². The van der Waals surface area contributed by atoms with Crippen LogP contribution in [0.25, 0.3) is 0 Å². The number of hydrogen-bond acceptors (Lipinski definition) is 5. The summed E-state index contributed by atoms with van der Waals surface area (Å²) in [5.74, 6) is 0. The lowest BCUT2D eigenvalue weighted by atomic mass is 10.2. The van der Waals surface area contributed by atoms with Gasteiger partial charge in [0.2, 0.25) is 0 Å². The average molecular weight is 150 g/mol. The van der Waals surface area contributed by atoms with Crippen LogP contribution < -0.4 is 0 Å². The largest absolute Gasteiger partial charge is 0.385 e. The van der Waals surface area contributed by atoms with Crippen LogP contribution in [0.1, 0.15) is 6.92 Å². The van der Waals surface area contributed by atoms with Crippen LogP contribution in [0.5, 0.6) is 0 Å². The first kappa shape index (κ1) is 7.90.